The van der Waals surface area contributed by atoms with Crippen LogP contribution in [-0.2, 0) is 14.8 Å². The molecule has 0 atom stereocenters. The normalized spacial score (nSPS) is 12.6. The summed E-state index contributed by atoms with van der Waals surface area (Å²) in [7, 11) is -3.92. The van der Waals surface area contributed by atoms with Gasteiger partial charge in [-0.15, -0.1) is 0 Å². The predicted molar refractivity (Wildman–Crippen MR) is 144 cm³/mol. The van der Waals surface area contributed by atoms with Gasteiger partial charge in [0.05, 0.1) is 16.3 Å². The zero-order chi connectivity index (χ0) is 26.2. The van der Waals surface area contributed by atoms with E-state index >= 15 is 0 Å². The van der Waals surface area contributed by atoms with Crippen molar-refractivity contribution in [3.8, 4) is 11.3 Å². The van der Waals surface area contributed by atoms with Crippen LogP contribution in [-0.4, -0.2) is 29.3 Å². The highest BCUT2D eigenvalue weighted by Crippen LogP contribution is 2.36. The monoisotopic (exact) mass is 512 g/mol. The summed E-state index contributed by atoms with van der Waals surface area (Å²) in [4.78, 5) is 25.3. The summed E-state index contributed by atoms with van der Waals surface area (Å²) in [6.45, 7) is 5.54. The van der Waals surface area contributed by atoms with Crippen LogP contribution < -0.4 is 15.4 Å². The van der Waals surface area contributed by atoms with Crippen LogP contribution >= 0.6 is 0 Å². The van der Waals surface area contributed by atoms with Gasteiger partial charge in [-0.25, -0.2) is 18.4 Å². The van der Waals surface area contributed by atoms with E-state index < -0.39 is 10.0 Å². The van der Waals surface area contributed by atoms with E-state index in [1.54, 1.807) is 48.9 Å². The van der Waals surface area contributed by atoms with Crippen molar-refractivity contribution in [1.29, 1.82) is 0 Å². The van der Waals surface area contributed by atoms with Crippen molar-refractivity contribution in [3.05, 3.63) is 89.9 Å². The van der Waals surface area contributed by atoms with Gasteiger partial charge in [0.25, 0.3) is 15.9 Å². The molecular weight excluding hydrogens is 488 g/mol. The molecule has 0 bridgehead atoms. The Labute approximate surface area is 214 Å². The van der Waals surface area contributed by atoms with Crippen molar-refractivity contribution in [2.24, 2.45) is 0 Å². The minimum absolute atomic E-state index is 0.0593. The number of nitrogens with one attached hydrogen (secondary N) is 3. The van der Waals surface area contributed by atoms with Gasteiger partial charge in [-0.2, -0.15) is 0 Å². The van der Waals surface area contributed by atoms with Gasteiger partial charge in [0.15, 0.2) is 0 Å². The number of aromatic nitrogens is 3. The Kier molecular flexibility index (Phi) is 6.18. The van der Waals surface area contributed by atoms with E-state index in [-0.39, 0.29) is 10.8 Å². The highest BCUT2D eigenvalue weighted by atomic mass is 32.2. The van der Waals surface area contributed by atoms with E-state index in [0.29, 0.717) is 39.8 Å². The molecule has 2 aromatic heterocycles. The van der Waals surface area contributed by atoms with Crippen molar-refractivity contribution < 1.29 is 13.2 Å². The summed E-state index contributed by atoms with van der Waals surface area (Å²) < 4.78 is 29.1. The minimum Gasteiger partial charge on any atom is -0.324 e. The Balaban J connectivity index is 1.41. The Hall–Kier alpha value is -4.57. The first-order chi connectivity index (χ1) is 17.7. The summed E-state index contributed by atoms with van der Waals surface area (Å²) in [5.41, 5.74) is 5.93. The Morgan fingerprint density at radius 1 is 1.00 bits per heavy atom. The average Bonchev–Trinajstić information content (AvgIpc) is 3.22. The summed E-state index contributed by atoms with van der Waals surface area (Å²) in [6.07, 6.45) is 5.06. The molecule has 10 heteroatoms. The zero-order valence-electron chi connectivity index (χ0n) is 20.4. The lowest BCUT2D eigenvalue weighted by Gasteiger charge is -2.13. The van der Waals surface area contributed by atoms with Crippen LogP contribution in [0.2, 0.25) is 0 Å². The molecule has 0 aliphatic carbocycles. The third kappa shape index (κ3) is 4.91. The molecule has 0 saturated carbocycles. The molecule has 0 spiro atoms. The Morgan fingerprint density at radius 3 is 2.59 bits per heavy atom. The number of aryl methyl sites for hydroxylation is 1. The first-order valence-corrected chi connectivity index (χ1v) is 13.0. The Bertz CT molecular complexity index is 1660. The topological polar surface area (TPSA) is 126 Å². The molecule has 3 N–H and O–H groups in total. The third-order valence-corrected chi connectivity index (χ3v) is 7.27. The van der Waals surface area contributed by atoms with Gasteiger partial charge >= 0.3 is 0 Å². The molecule has 0 radical (unpaired) electrons. The number of rotatable bonds is 6. The molecule has 2 aromatic carbocycles. The predicted octanol–water partition coefficient (Wildman–Crippen LogP) is 5.14. The fraction of sp³-hybridized carbons (Fsp3) is 0.111. The number of pyridine rings is 1. The molecule has 3 heterocycles. The number of benzene rings is 2. The van der Waals surface area contributed by atoms with Gasteiger partial charge in [0, 0.05) is 46.7 Å². The highest BCUT2D eigenvalue weighted by Gasteiger charge is 2.27. The number of fused-ring (bicyclic) bond motifs is 1. The van der Waals surface area contributed by atoms with Crippen LogP contribution in [0.4, 0.5) is 23.0 Å². The molecule has 5 rings (SSSR count). The molecule has 37 heavy (non-hydrogen) atoms. The van der Waals surface area contributed by atoms with Crippen molar-refractivity contribution in [1.82, 2.24) is 15.0 Å². The van der Waals surface area contributed by atoms with Gasteiger partial charge in [-0.05, 0) is 74.9 Å². The maximum atomic E-state index is 13.2. The lowest BCUT2D eigenvalue weighted by atomic mass is 10.0. The molecule has 4 aromatic rings. The zero-order valence-corrected chi connectivity index (χ0v) is 21.2. The number of sulfonamides is 1. The number of carbonyl (C=O) groups is 1. The van der Waals surface area contributed by atoms with Gasteiger partial charge in [-0.1, -0.05) is 11.6 Å². The van der Waals surface area contributed by atoms with E-state index in [1.165, 1.54) is 12.1 Å². The van der Waals surface area contributed by atoms with E-state index in [1.807, 2.05) is 32.9 Å². The number of allylic oxidation sites excluding steroid dienone is 1. The van der Waals surface area contributed by atoms with Gasteiger partial charge in [0.1, 0.15) is 0 Å². The fourth-order valence-electron chi connectivity index (χ4n) is 4.06. The van der Waals surface area contributed by atoms with Crippen LogP contribution in [0.15, 0.2) is 83.7 Å². The fourth-order valence-corrected chi connectivity index (χ4v) is 5.13. The van der Waals surface area contributed by atoms with E-state index in [0.717, 1.165) is 16.7 Å². The van der Waals surface area contributed by atoms with Gasteiger partial charge < -0.3 is 10.6 Å². The van der Waals surface area contributed by atoms with Crippen LogP contribution in [0.5, 0.6) is 0 Å². The molecule has 1 aliphatic heterocycles. The van der Waals surface area contributed by atoms with Gasteiger partial charge in [-0.3, -0.25) is 14.5 Å². The first kappa shape index (κ1) is 24.1. The lowest BCUT2D eigenvalue weighted by Crippen LogP contribution is -2.13. The summed E-state index contributed by atoms with van der Waals surface area (Å²) in [6, 6.07) is 15.3. The molecule has 0 saturated heterocycles. The second-order valence-electron chi connectivity index (χ2n) is 8.80. The number of hydrogen-bond acceptors (Lipinski definition) is 7. The molecule has 0 fully saturated rings. The van der Waals surface area contributed by atoms with Gasteiger partial charge in [0.2, 0.25) is 5.95 Å². The molecule has 0 unspecified atom stereocenters. The molecular formula is C27H24N6O3S. The van der Waals surface area contributed by atoms with Crippen molar-refractivity contribution in [3.63, 3.8) is 0 Å². The second kappa shape index (κ2) is 9.47. The SMILES string of the molecule is CC(C)=C1C(=O)Nc2ccc(S(=O)(=O)Nc3ccc(C)c(Nc4nccc(-c5cccnc5)n4)c3)cc21. The molecule has 1 amide bonds. The summed E-state index contributed by atoms with van der Waals surface area (Å²) in [5.74, 6) is 0.135. The van der Waals surface area contributed by atoms with E-state index in [9.17, 15) is 13.2 Å². The smallest absolute Gasteiger partial charge is 0.261 e. The maximum Gasteiger partial charge on any atom is 0.261 e. The number of nitrogens with zero attached hydrogens (tertiary/aromatic N) is 3. The summed E-state index contributed by atoms with van der Waals surface area (Å²) >= 11 is 0. The molecule has 9 nitrogen and oxygen atoms in total. The van der Waals surface area contributed by atoms with E-state index in [4.69, 9.17) is 0 Å². The quantitative estimate of drug-likeness (QED) is 0.306. The maximum absolute atomic E-state index is 13.2. The average molecular weight is 513 g/mol. The minimum atomic E-state index is -3.92. The number of carbonyl (C=O) groups excluding carboxylic acids is 1. The Morgan fingerprint density at radius 2 is 1.84 bits per heavy atom. The van der Waals surface area contributed by atoms with E-state index in [2.05, 4.69) is 30.3 Å². The van der Waals surface area contributed by atoms with Crippen LogP contribution in [0, 0.1) is 6.92 Å². The van der Waals surface area contributed by atoms with Crippen LogP contribution in [0.25, 0.3) is 16.8 Å². The second-order valence-corrected chi connectivity index (χ2v) is 10.5. The number of hydrogen-bond donors (Lipinski definition) is 3. The molecule has 186 valence electrons. The number of anilines is 4. The van der Waals surface area contributed by atoms with Crippen LogP contribution in [0.3, 0.4) is 0 Å². The van der Waals surface area contributed by atoms with Crippen molar-refractivity contribution >= 4 is 44.5 Å². The molecule has 1 aliphatic rings. The van der Waals surface area contributed by atoms with Crippen LogP contribution in [0.1, 0.15) is 25.0 Å². The standard InChI is InChI=1S/C27H24N6O3S/c1-16(2)25-21-14-20(8-9-23(21)30-26(25)34)37(35,36)33-19-7-6-17(3)24(13-19)32-27-29-12-10-22(31-27)18-5-4-11-28-15-18/h4-15,33H,1-3H3,(H,30,34)(H,29,31,32). The lowest BCUT2D eigenvalue weighted by molar-refractivity contribution is -0.110. The third-order valence-electron chi connectivity index (χ3n) is 5.90. The largest absolute Gasteiger partial charge is 0.324 e. The summed E-state index contributed by atoms with van der Waals surface area (Å²) in [5, 5.41) is 5.95. The first-order valence-electron chi connectivity index (χ1n) is 11.5. The highest BCUT2D eigenvalue weighted by molar-refractivity contribution is 7.92. The van der Waals surface area contributed by atoms with Crippen molar-refractivity contribution in [2.45, 2.75) is 25.7 Å². The number of amides is 1. The van der Waals surface area contributed by atoms with Crippen molar-refractivity contribution in [2.75, 3.05) is 15.4 Å².